The molecule has 0 fully saturated rings. The lowest BCUT2D eigenvalue weighted by Crippen LogP contribution is -1.93. The number of benzene rings is 3. The first-order valence-corrected chi connectivity index (χ1v) is 9.57. The van der Waals surface area contributed by atoms with Crippen LogP contribution in [0, 0.1) is 0 Å². The van der Waals surface area contributed by atoms with E-state index in [1.807, 2.05) is 18.3 Å². The van der Waals surface area contributed by atoms with Crippen molar-refractivity contribution in [2.45, 2.75) is 6.42 Å². The number of pyridine rings is 2. The van der Waals surface area contributed by atoms with Gasteiger partial charge in [0, 0.05) is 17.0 Å². The van der Waals surface area contributed by atoms with Crippen LogP contribution in [0.5, 0.6) is 0 Å². The van der Waals surface area contributed by atoms with Crippen LogP contribution >= 0.6 is 0 Å². The van der Waals surface area contributed by atoms with E-state index in [1.54, 1.807) is 0 Å². The molecular formula is C25H15N3. The zero-order valence-corrected chi connectivity index (χ0v) is 15.1. The molecule has 0 bridgehead atoms. The fourth-order valence-corrected chi connectivity index (χ4v) is 4.81. The third-order valence-corrected chi connectivity index (χ3v) is 6.02. The predicted molar refractivity (Wildman–Crippen MR) is 114 cm³/mol. The van der Waals surface area contributed by atoms with Crippen LogP contribution in [0.2, 0.25) is 0 Å². The number of hydrogen-bond donors (Lipinski definition) is 0. The van der Waals surface area contributed by atoms with Gasteiger partial charge in [0.15, 0.2) is 5.65 Å². The van der Waals surface area contributed by atoms with Crippen molar-refractivity contribution in [2.24, 2.45) is 0 Å². The van der Waals surface area contributed by atoms with Crippen LogP contribution < -0.4 is 0 Å². The highest BCUT2D eigenvalue weighted by atomic mass is 15.1. The summed E-state index contributed by atoms with van der Waals surface area (Å²) < 4.78 is 2.21. The molecule has 3 aromatic heterocycles. The number of para-hydroxylation sites is 1. The molecule has 0 amide bonds. The average molecular weight is 357 g/mol. The van der Waals surface area contributed by atoms with Gasteiger partial charge in [0.25, 0.3) is 0 Å². The second-order valence-corrected chi connectivity index (χ2v) is 7.52. The highest BCUT2D eigenvalue weighted by Crippen LogP contribution is 2.41. The van der Waals surface area contributed by atoms with Crippen molar-refractivity contribution >= 4 is 38.5 Å². The van der Waals surface area contributed by atoms with Crippen molar-refractivity contribution in [2.75, 3.05) is 0 Å². The molecule has 0 unspecified atom stereocenters. The summed E-state index contributed by atoms with van der Waals surface area (Å²) in [6.07, 6.45) is 2.83. The van der Waals surface area contributed by atoms with Crippen molar-refractivity contribution in [3.8, 4) is 11.1 Å². The molecule has 130 valence electrons. The van der Waals surface area contributed by atoms with Crippen LogP contribution in [0.25, 0.3) is 49.6 Å². The van der Waals surface area contributed by atoms with Gasteiger partial charge in [-0.3, -0.25) is 4.40 Å². The van der Waals surface area contributed by atoms with E-state index in [4.69, 9.17) is 4.98 Å². The summed E-state index contributed by atoms with van der Waals surface area (Å²) in [7, 11) is 0. The number of rotatable bonds is 0. The van der Waals surface area contributed by atoms with Crippen LogP contribution in [0.15, 0.2) is 79.0 Å². The Kier molecular flexibility index (Phi) is 2.54. The van der Waals surface area contributed by atoms with Gasteiger partial charge in [-0.2, -0.15) is 0 Å². The average Bonchev–Trinajstić information content (AvgIpc) is 3.31. The van der Waals surface area contributed by atoms with Gasteiger partial charge in [-0.05, 0) is 64.4 Å². The minimum atomic E-state index is 0.916. The quantitative estimate of drug-likeness (QED) is 0.323. The second-order valence-electron chi connectivity index (χ2n) is 7.52. The van der Waals surface area contributed by atoms with E-state index in [0.29, 0.717) is 0 Å². The molecule has 0 aliphatic heterocycles. The van der Waals surface area contributed by atoms with Crippen LogP contribution in [0.1, 0.15) is 11.1 Å². The summed E-state index contributed by atoms with van der Waals surface area (Å²) in [5.41, 5.74) is 9.49. The Labute approximate surface area is 160 Å². The summed E-state index contributed by atoms with van der Waals surface area (Å²) in [6, 6.07) is 26.0. The predicted octanol–water partition coefficient (Wildman–Crippen LogP) is 5.76. The largest absolute Gasteiger partial charge is 0.276 e. The number of nitrogens with zero attached hydrogens (tertiary/aromatic N) is 3. The monoisotopic (exact) mass is 357 g/mol. The van der Waals surface area contributed by atoms with E-state index in [9.17, 15) is 0 Å². The maximum atomic E-state index is 4.97. The minimum Gasteiger partial charge on any atom is -0.276 e. The number of fused-ring (bicyclic) bond motifs is 11. The number of hydrogen-bond acceptors (Lipinski definition) is 2. The highest BCUT2D eigenvalue weighted by Gasteiger charge is 2.21. The van der Waals surface area contributed by atoms with Gasteiger partial charge in [-0.15, -0.1) is 0 Å². The molecule has 1 aliphatic rings. The summed E-state index contributed by atoms with van der Waals surface area (Å²) in [6.45, 7) is 0. The van der Waals surface area contributed by atoms with Crippen molar-refractivity contribution in [3.05, 3.63) is 90.1 Å². The molecule has 3 nitrogen and oxygen atoms in total. The molecule has 7 rings (SSSR count). The first-order chi connectivity index (χ1) is 13.9. The number of aromatic nitrogens is 3. The minimum absolute atomic E-state index is 0.916. The van der Waals surface area contributed by atoms with Crippen LogP contribution in [-0.2, 0) is 6.42 Å². The van der Waals surface area contributed by atoms with Gasteiger partial charge in [0.05, 0.1) is 5.52 Å². The van der Waals surface area contributed by atoms with Crippen LogP contribution in [-0.4, -0.2) is 14.4 Å². The molecule has 0 radical (unpaired) electrons. The van der Waals surface area contributed by atoms with Crippen molar-refractivity contribution in [1.29, 1.82) is 0 Å². The molecule has 28 heavy (non-hydrogen) atoms. The molecule has 3 heteroatoms. The maximum absolute atomic E-state index is 4.97. The molecule has 0 atom stereocenters. The lowest BCUT2D eigenvalue weighted by atomic mass is 9.98. The first kappa shape index (κ1) is 14.4. The third kappa shape index (κ3) is 1.69. The Hall–Kier alpha value is -3.72. The van der Waals surface area contributed by atoms with Gasteiger partial charge in [-0.25, -0.2) is 9.97 Å². The number of imidazole rings is 1. The standard InChI is InChI=1S/C25H15N3/c1-2-7-17-15(6-1)12-16-13-21-20(14-19(16)17)18-8-3-4-10-23(18)28-24(21)27-22-9-5-11-26-25(22)28/h1-11,13-14H,12H2. The summed E-state index contributed by atoms with van der Waals surface area (Å²) in [5.74, 6) is 0. The summed E-state index contributed by atoms with van der Waals surface area (Å²) in [5, 5.41) is 3.69. The normalized spacial score (nSPS) is 12.9. The molecule has 1 aliphatic carbocycles. The Morgan fingerprint density at radius 1 is 0.679 bits per heavy atom. The highest BCUT2D eigenvalue weighted by molar-refractivity contribution is 6.15. The maximum Gasteiger partial charge on any atom is 0.164 e. The first-order valence-electron chi connectivity index (χ1n) is 9.57. The Morgan fingerprint density at radius 2 is 1.57 bits per heavy atom. The van der Waals surface area contributed by atoms with Gasteiger partial charge in [0.1, 0.15) is 11.2 Å². The second kappa shape index (κ2) is 4.96. The zero-order chi connectivity index (χ0) is 18.2. The Bertz CT molecular complexity index is 1590. The van der Waals surface area contributed by atoms with Crippen LogP contribution in [0.3, 0.4) is 0 Å². The van der Waals surface area contributed by atoms with E-state index in [2.05, 4.69) is 70.0 Å². The molecule has 6 aromatic rings. The smallest absolute Gasteiger partial charge is 0.164 e. The van der Waals surface area contributed by atoms with Crippen LogP contribution in [0.4, 0.5) is 0 Å². The van der Waals surface area contributed by atoms with E-state index in [0.717, 1.165) is 28.7 Å². The van der Waals surface area contributed by atoms with Gasteiger partial charge < -0.3 is 0 Å². The molecule has 0 saturated heterocycles. The topological polar surface area (TPSA) is 30.2 Å². The fourth-order valence-electron chi connectivity index (χ4n) is 4.81. The molecule has 0 spiro atoms. The van der Waals surface area contributed by atoms with E-state index < -0.39 is 0 Å². The molecule has 0 N–H and O–H groups in total. The Balaban J connectivity index is 1.74. The van der Waals surface area contributed by atoms with E-state index in [-0.39, 0.29) is 0 Å². The van der Waals surface area contributed by atoms with E-state index >= 15 is 0 Å². The van der Waals surface area contributed by atoms with Crippen molar-refractivity contribution < 1.29 is 0 Å². The molecule has 3 aromatic carbocycles. The lowest BCUT2D eigenvalue weighted by Gasteiger charge is -2.11. The fraction of sp³-hybridized carbons (Fsp3) is 0.0400. The molecule has 0 saturated carbocycles. The Morgan fingerprint density at radius 3 is 2.57 bits per heavy atom. The molecular weight excluding hydrogens is 342 g/mol. The van der Waals surface area contributed by atoms with Gasteiger partial charge in [0.2, 0.25) is 0 Å². The van der Waals surface area contributed by atoms with E-state index in [1.165, 1.54) is 38.4 Å². The van der Waals surface area contributed by atoms with Crippen molar-refractivity contribution in [3.63, 3.8) is 0 Å². The van der Waals surface area contributed by atoms with Gasteiger partial charge in [-0.1, -0.05) is 42.5 Å². The summed E-state index contributed by atoms with van der Waals surface area (Å²) in [4.78, 5) is 9.60. The van der Waals surface area contributed by atoms with Gasteiger partial charge >= 0.3 is 0 Å². The lowest BCUT2D eigenvalue weighted by molar-refractivity contribution is 1.24. The van der Waals surface area contributed by atoms with Crippen molar-refractivity contribution in [1.82, 2.24) is 14.4 Å². The SMILES string of the molecule is c1ccc2c(c1)Cc1cc3c(cc1-2)c1ccccc1n1c2ncccc2nc31. The summed E-state index contributed by atoms with van der Waals surface area (Å²) >= 11 is 0. The zero-order valence-electron chi connectivity index (χ0n) is 15.1. The molecule has 3 heterocycles. The third-order valence-electron chi connectivity index (χ3n) is 6.02.